The molecule has 2 saturated heterocycles. The largest absolute Gasteiger partial charge is 0.450 e. The van der Waals surface area contributed by atoms with E-state index >= 15 is 0 Å². The fourth-order valence-electron chi connectivity index (χ4n) is 2.61. The van der Waals surface area contributed by atoms with Crippen molar-refractivity contribution >= 4 is 17.9 Å². The Morgan fingerprint density at radius 3 is 2.35 bits per heavy atom. The van der Waals surface area contributed by atoms with Crippen LogP contribution in [0.4, 0.5) is 4.79 Å². The SMILES string of the molecule is CCOC(=O)N1CCN(C(=O)C2(C)CNC(=O)C2)CC1. The molecule has 0 aromatic carbocycles. The Kier molecular flexibility index (Phi) is 4.15. The Bertz CT molecular complexity index is 418. The molecule has 2 aliphatic rings. The monoisotopic (exact) mass is 283 g/mol. The van der Waals surface area contributed by atoms with E-state index in [1.54, 1.807) is 16.7 Å². The molecule has 2 aliphatic heterocycles. The number of carbonyl (C=O) groups excluding carboxylic acids is 3. The molecule has 7 heteroatoms. The van der Waals surface area contributed by atoms with Gasteiger partial charge in [0, 0.05) is 39.1 Å². The number of nitrogens with zero attached hydrogens (tertiary/aromatic N) is 2. The molecule has 112 valence electrons. The highest BCUT2D eigenvalue weighted by Gasteiger charge is 2.43. The quantitative estimate of drug-likeness (QED) is 0.762. The van der Waals surface area contributed by atoms with Crippen LogP contribution in [0.5, 0.6) is 0 Å². The van der Waals surface area contributed by atoms with Gasteiger partial charge in [-0.3, -0.25) is 9.59 Å². The molecule has 0 saturated carbocycles. The summed E-state index contributed by atoms with van der Waals surface area (Å²) in [5.41, 5.74) is -0.650. The minimum Gasteiger partial charge on any atom is -0.450 e. The maximum absolute atomic E-state index is 12.5. The first-order valence-corrected chi connectivity index (χ1v) is 6.94. The molecule has 20 heavy (non-hydrogen) atoms. The highest BCUT2D eigenvalue weighted by molar-refractivity contribution is 5.92. The summed E-state index contributed by atoms with van der Waals surface area (Å²) in [5.74, 6) is -0.0923. The number of amides is 3. The Morgan fingerprint density at radius 2 is 1.85 bits per heavy atom. The van der Waals surface area contributed by atoms with Gasteiger partial charge in [-0.05, 0) is 13.8 Å². The van der Waals surface area contributed by atoms with Crippen molar-refractivity contribution in [1.29, 1.82) is 0 Å². The average Bonchev–Trinajstić information content (AvgIpc) is 2.79. The standard InChI is InChI=1S/C13H21N3O4/c1-3-20-12(19)16-6-4-15(5-7-16)11(18)13(2)8-10(17)14-9-13/h3-9H2,1-2H3,(H,14,17). The molecule has 2 heterocycles. The second-order valence-electron chi connectivity index (χ2n) is 5.49. The average molecular weight is 283 g/mol. The van der Waals surface area contributed by atoms with Crippen molar-refractivity contribution in [3.63, 3.8) is 0 Å². The van der Waals surface area contributed by atoms with E-state index in [0.717, 1.165) is 0 Å². The molecule has 0 bridgehead atoms. The fraction of sp³-hybridized carbons (Fsp3) is 0.769. The summed E-state index contributed by atoms with van der Waals surface area (Å²) < 4.78 is 4.94. The second kappa shape index (κ2) is 5.68. The van der Waals surface area contributed by atoms with Gasteiger partial charge in [0.2, 0.25) is 11.8 Å². The molecule has 3 amide bonds. The van der Waals surface area contributed by atoms with Crippen LogP contribution >= 0.6 is 0 Å². The summed E-state index contributed by atoms with van der Waals surface area (Å²) in [5, 5.41) is 2.70. The first-order valence-electron chi connectivity index (χ1n) is 6.94. The second-order valence-corrected chi connectivity index (χ2v) is 5.49. The molecule has 0 radical (unpaired) electrons. The Hall–Kier alpha value is -1.79. The lowest BCUT2D eigenvalue weighted by molar-refractivity contribution is -0.142. The van der Waals surface area contributed by atoms with Gasteiger partial charge < -0.3 is 19.9 Å². The van der Waals surface area contributed by atoms with Gasteiger partial charge in [0.15, 0.2) is 0 Å². The summed E-state index contributed by atoms with van der Waals surface area (Å²) in [6.07, 6.45) is -0.0901. The van der Waals surface area contributed by atoms with E-state index in [2.05, 4.69) is 5.32 Å². The van der Waals surface area contributed by atoms with Gasteiger partial charge in [0.1, 0.15) is 0 Å². The van der Waals surface area contributed by atoms with E-state index in [-0.39, 0.29) is 24.3 Å². The first kappa shape index (κ1) is 14.6. The van der Waals surface area contributed by atoms with Crippen LogP contribution in [0.3, 0.4) is 0 Å². The Morgan fingerprint density at radius 1 is 1.25 bits per heavy atom. The third-order valence-corrected chi connectivity index (χ3v) is 3.84. The summed E-state index contributed by atoms with van der Waals surface area (Å²) in [4.78, 5) is 38.7. The van der Waals surface area contributed by atoms with Crippen LogP contribution in [0, 0.1) is 5.41 Å². The topological polar surface area (TPSA) is 79.0 Å². The van der Waals surface area contributed by atoms with Crippen molar-refractivity contribution in [2.45, 2.75) is 20.3 Å². The summed E-state index contributed by atoms with van der Waals surface area (Å²) >= 11 is 0. The number of hydrogen-bond donors (Lipinski definition) is 1. The van der Waals surface area contributed by atoms with Crippen molar-refractivity contribution in [3.05, 3.63) is 0 Å². The molecule has 7 nitrogen and oxygen atoms in total. The predicted octanol–water partition coefficient (Wildman–Crippen LogP) is -0.187. The minimum absolute atomic E-state index is 0.0145. The molecule has 1 atom stereocenters. The van der Waals surface area contributed by atoms with E-state index in [9.17, 15) is 14.4 Å². The van der Waals surface area contributed by atoms with Crippen molar-refractivity contribution in [3.8, 4) is 0 Å². The van der Waals surface area contributed by atoms with Gasteiger partial charge in [-0.2, -0.15) is 0 Å². The maximum Gasteiger partial charge on any atom is 0.409 e. The van der Waals surface area contributed by atoms with Crippen LogP contribution in [0.2, 0.25) is 0 Å². The lowest BCUT2D eigenvalue weighted by Gasteiger charge is -2.37. The smallest absolute Gasteiger partial charge is 0.409 e. The summed E-state index contributed by atoms with van der Waals surface area (Å²) in [6.45, 7) is 6.24. The third-order valence-electron chi connectivity index (χ3n) is 3.84. The predicted molar refractivity (Wildman–Crippen MR) is 70.9 cm³/mol. The number of ether oxygens (including phenoxy) is 1. The normalized spacial score (nSPS) is 26.4. The number of piperazine rings is 1. The van der Waals surface area contributed by atoms with Gasteiger partial charge >= 0.3 is 6.09 Å². The molecule has 0 aliphatic carbocycles. The Labute approximate surface area is 118 Å². The molecule has 1 unspecified atom stereocenters. The number of rotatable bonds is 2. The van der Waals surface area contributed by atoms with Gasteiger partial charge in [-0.1, -0.05) is 0 Å². The summed E-state index contributed by atoms with van der Waals surface area (Å²) in [7, 11) is 0. The van der Waals surface area contributed by atoms with Crippen LogP contribution in [0.1, 0.15) is 20.3 Å². The Balaban J connectivity index is 1.89. The third kappa shape index (κ3) is 2.86. The van der Waals surface area contributed by atoms with Crippen molar-refractivity contribution in [2.24, 2.45) is 5.41 Å². The van der Waals surface area contributed by atoms with Crippen LogP contribution in [-0.2, 0) is 14.3 Å². The van der Waals surface area contributed by atoms with Crippen molar-refractivity contribution < 1.29 is 19.1 Å². The van der Waals surface area contributed by atoms with E-state index in [1.807, 2.05) is 6.92 Å². The van der Waals surface area contributed by atoms with Gasteiger partial charge in [-0.15, -0.1) is 0 Å². The summed E-state index contributed by atoms with van der Waals surface area (Å²) in [6, 6.07) is 0. The van der Waals surface area contributed by atoms with Crippen LogP contribution < -0.4 is 5.32 Å². The molecular weight excluding hydrogens is 262 g/mol. The molecule has 0 aromatic rings. The molecule has 1 N–H and O–H groups in total. The first-order chi connectivity index (χ1) is 9.46. The minimum atomic E-state index is -0.650. The molecule has 0 aromatic heterocycles. The van der Waals surface area contributed by atoms with Crippen LogP contribution in [-0.4, -0.2) is 67.0 Å². The zero-order valence-electron chi connectivity index (χ0n) is 12.0. The molecule has 2 fully saturated rings. The lowest BCUT2D eigenvalue weighted by Crippen LogP contribution is -2.54. The molecular formula is C13H21N3O4. The number of nitrogens with one attached hydrogen (secondary N) is 1. The van der Waals surface area contributed by atoms with Crippen LogP contribution in [0.25, 0.3) is 0 Å². The highest BCUT2D eigenvalue weighted by atomic mass is 16.6. The highest BCUT2D eigenvalue weighted by Crippen LogP contribution is 2.28. The fourth-order valence-corrected chi connectivity index (χ4v) is 2.61. The zero-order chi connectivity index (χ0) is 14.8. The maximum atomic E-state index is 12.5. The van der Waals surface area contributed by atoms with Crippen molar-refractivity contribution in [1.82, 2.24) is 15.1 Å². The van der Waals surface area contributed by atoms with Crippen molar-refractivity contribution in [2.75, 3.05) is 39.3 Å². The van der Waals surface area contributed by atoms with Crippen LogP contribution in [0.15, 0.2) is 0 Å². The number of carbonyl (C=O) groups is 3. The van der Waals surface area contributed by atoms with Gasteiger partial charge in [0.25, 0.3) is 0 Å². The number of hydrogen-bond acceptors (Lipinski definition) is 4. The van der Waals surface area contributed by atoms with Gasteiger partial charge in [0.05, 0.1) is 12.0 Å². The van der Waals surface area contributed by atoms with E-state index in [4.69, 9.17) is 4.74 Å². The lowest BCUT2D eigenvalue weighted by atomic mass is 9.87. The van der Waals surface area contributed by atoms with E-state index in [0.29, 0.717) is 39.3 Å². The van der Waals surface area contributed by atoms with Gasteiger partial charge in [-0.25, -0.2) is 4.79 Å². The molecule has 2 rings (SSSR count). The van der Waals surface area contributed by atoms with E-state index in [1.165, 1.54) is 0 Å². The zero-order valence-corrected chi connectivity index (χ0v) is 12.0. The molecule has 0 spiro atoms. The van der Waals surface area contributed by atoms with E-state index < -0.39 is 5.41 Å².